The maximum Gasteiger partial charge on any atom is 0.244 e. The molecule has 9 heteroatoms. The maximum atomic E-state index is 14.0. The average Bonchev–Trinajstić information content (AvgIpc) is 2.90. The molecular formula is C30H36FN3O4S. The van der Waals surface area contributed by atoms with Gasteiger partial charge in [-0.1, -0.05) is 67.1 Å². The highest BCUT2D eigenvalue weighted by Gasteiger charge is 2.33. The third-order valence-electron chi connectivity index (χ3n) is 6.54. The summed E-state index contributed by atoms with van der Waals surface area (Å²) in [6.45, 7) is 5.21. The topological polar surface area (TPSA) is 86.8 Å². The molecule has 0 heterocycles. The largest absolute Gasteiger partial charge is 0.352 e. The van der Waals surface area contributed by atoms with Gasteiger partial charge < -0.3 is 10.2 Å². The van der Waals surface area contributed by atoms with Crippen molar-refractivity contribution >= 4 is 27.5 Å². The van der Waals surface area contributed by atoms with Crippen LogP contribution in [0, 0.1) is 12.7 Å². The summed E-state index contributed by atoms with van der Waals surface area (Å²) >= 11 is 0. The molecule has 0 radical (unpaired) electrons. The summed E-state index contributed by atoms with van der Waals surface area (Å²) in [6, 6.07) is 20.8. The lowest BCUT2D eigenvalue weighted by Gasteiger charge is -2.34. The normalized spacial score (nSPS) is 12.8. The number of nitrogens with zero attached hydrogens (tertiary/aromatic N) is 2. The van der Waals surface area contributed by atoms with E-state index < -0.39 is 34.3 Å². The summed E-state index contributed by atoms with van der Waals surface area (Å²) in [5.41, 5.74) is 2.75. The minimum Gasteiger partial charge on any atom is -0.352 e. The fourth-order valence-corrected chi connectivity index (χ4v) is 4.96. The van der Waals surface area contributed by atoms with E-state index in [1.165, 1.54) is 17.0 Å². The number of anilines is 1. The van der Waals surface area contributed by atoms with Crippen molar-refractivity contribution in [2.75, 3.05) is 17.1 Å². The monoisotopic (exact) mass is 553 g/mol. The second kappa shape index (κ2) is 13.4. The molecular weight excluding hydrogens is 517 g/mol. The van der Waals surface area contributed by atoms with Gasteiger partial charge in [0.25, 0.3) is 0 Å². The molecule has 0 saturated heterocycles. The van der Waals surface area contributed by atoms with Gasteiger partial charge in [0.15, 0.2) is 0 Å². The Morgan fingerprint density at radius 1 is 0.923 bits per heavy atom. The van der Waals surface area contributed by atoms with Gasteiger partial charge in [0.1, 0.15) is 18.4 Å². The van der Waals surface area contributed by atoms with Crippen molar-refractivity contribution in [1.29, 1.82) is 0 Å². The first-order valence-corrected chi connectivity index (χ1v) is 14.7. The van der Waals surface area contributed by atoms with E-state index in [-0.39, 0.29) is 24.9 Å². The number of carbonyl (C=O) groups is 2. The number of aryl methyl sites for hydroxylation is 1. The standard InChI is InChI=1S/C30H36FN3O4S/c1-5-23(3)32-30(36)28(19-24-9-7-6-8-10-24)33(20-25-13-15-26(31)16-14-25)29(35)21-34(39(4,37)38)27-17-11-22(2)12-18-27/h6-18,23,28H,5,19-21H2,1-4H3,(H,32,36)/t23-,28-/m1/s1. The summed E-state index contributed by atoms with van der Waals surface area (Å²) in [5, 5.41) is 2.98. The quantitative estimate of drug-likeness (QED) is 0.359. The highest BCUT2D eigenvalue weighted by Crippen LogP contribution is 2.21. The number of nitrogens with one attached hydrogen (secondary N) is 1. The van der Waals surface area contributed by atoms with Gasteiger partial charge in [0.05, 0.1) is 11.9 Å². The number of benzene rings is 3. The molecule has 208 valence electrons. The molecule has 0 aromatic heterocycles. The number of sulfonamides is 1. The Bertz CT molecular complexity index is 1350. The second-order valence-electron chi connectivity index (χ2n) is 9.78. The molecule has 2 atom stereocenters. The Morgan fingerprint density at radius 3 is 2.10 bits per heavy atom. The smallest absolute Gasteiger partial charge is 0.244 e. The Kier molecular flexibility index (Phi) is 10.2. The molecule has 0 bridgehead atoms. The van der Waals surface area contributed by atoms with Crippen molar-refractivity contribution in [2.45, 2.75) is 52.2 Å². The van der Waals surface area contributed by atoms with E-state index in [1.54, 1.807) is 36.4 Å². The summed E-state index contributed by atoms with van der Waals surface area (Å²) in [4.78, 5) is 29.0. The number of carbonyl (C=O) groups excluding carboxylic acids is 2. The molecule has 3 rings (SSSR count). The second-order valence-corrected chi connectivity index (χ2v) is 11.7. The Morgan fingerprint density at radius 2 is 1.54 bits per heavy atom. The van der Waals surface area contributed by atoms with Gasteiger partial charge in [-0.25, -0.2) is 12.8 Å². The lowest BCUT2D eigenvalue weighted by atomic mass is 10.0. The molecule has 0 fully saturated rings. The molecule has 39 heavy (non-hydrogen) atoms. The van der Waals surface area contributed by atoms with Crippen molar-refractivity contribution in [3.63, 3.8) is 0 Å². The van der Waals surface area contributed by atoms with Gasteiger partial charge >= 0.3 is 0 Å². The zero-order valence-corrected chi connectivity index (χ0v) is 23.6. The van der Waals surface area contributed by atoms with Crippen LogP contribution in [0.1, 0.15) is 37.0 Å². The van der Waals surface area contributed by atoms with Gasteiger partial charge in [0, 0.05) is 19.0 Å². The van der Waals surface area contributed by atoms with E-state index in [2.05, 4.69) is 5.32 Å². The first-order valence-electron chi connectivity index (χ1n) is 12.9. The van der Waals surface area contributed by atoms with Crippen LogP contribution < -0.4 is 9.62 Å². The van der Waals surface area contributed by atoms with E-state index in [9.17, 15) is 22.4 Å². The highest BCUT2D eigenvalue weighted by atomic mass is 32.2. The highest BCUT2D eigenvalue weighted by molar-refractivity contribution is 7.92. The average molecular weight is 554 g/mol. The summed E-state index contributed by atoms with van der Waals surface area (Å²) < 4.78 is 40.2. The predicted octanol–water partition coefficient (Wildman–Crippen LogP) is 4.45. The first-order chi connectivity index (χ1) is 18.5. The minimum absolute atomic E-state index is 0.00393. The van der Waals surface area contributed by atoms with Crippen LogP contribution in [0.5, 0.6) is 0 Å². The molecule has 0 aliphatic heterocycles. The molecule has 0 unspecified atom stereocenters. The summed E-state index contributed by atoms with van der Waals surface area (Å²) in [7, 11) is -3.83. The number of hydrogen-bond donors (Lipinski definition) is 1. The summed E-state index contributed by atoms with van der Waals surface area (Å²) in [5.74, 6) is -1.31. The molecule has 0 aliphatic carbocycles. The van der Waals surface area contributed by atoms with E-state index in [4.69, 9.17) is 0 Å². The SMILES string of the molecule is CC[C@@H](C)NC(=O)[C@@H](Cc1ccccc1)N(Cc1ccc(F)cc1)C(=O)CN(c1ccc(C)cc1)S(C)(=O)=O. The number of hydrogen-bond acceptors (Lipinski definition) is 4. The minimum atomic E-state index is -3.83. The van der Waals surface area contributed by atoms with Crippen LogP contribution in [0.25, 0.3) is 0 Å². The van der Waals surface area contributed by atoms with Crippen molar-refractivity contribution in [1.82, 2.24) is 10.2 Å². The van der Waals surface area contributed by atoms with Crippen molar-refractivity contribution in [3.8, 4) is 0 Å². The van der Waals surface area contributed by atoms with Gasteiger partial charge in [0.2, 0.25) is 21.8 Å². The fraction of sp³-hybridized carbons (Fsp3) is 0.333. The van der Waals surface area contributed by atoms with E-state index >= 15 is 0 Å². The molecule has 0 saturated carbocycles. The van der Waals surface area contributed by atoms with Gasteiger partial charge in [-0.3, -0.25) is 13.9 Å². The van der Waals surface area contributed by atoms with Crippen LogP contribution in [0.2, 0.25) is 0 Å². The van der Waals surface area contributed by atoms with E-state index in [0.29, 0.717) is 17.7 Å². The van der Waals surface area contributed by atoms with Gasteiger partial charge in [-0.05, 0) is 55.7 Å². The number of amides is 2. The van der Waals surface area contributed by atoms with E-state index in [0.717, 1.165) is 21.7 Å². The van der Waals surface area contributed by atoms with E-state index in [1.807, 2.05) is 51.1 Å². The molecule has 2 amide bonds. The van der Waals surface area contributed by atoms with Gasteiger partial charge in [-0.2, -0.15) is 0 Å². The first kappa shape index (κ1) is 29.8. The third kappa shape index (κ3) is 8.64. The van der Waals surface area contributed by atoms with Crippen LogP contribution in [0.3, 0.4) is 0 Å². The lowest BCUT2D eigenvalue weighted by Crippen LogP contribution is -2.54. The van der Waals surface area contributed by atoms with Crippen LogP contribution >= 0.6 is 0 Å². The molecule has 3 aromatic rings. The van der Waals surface area contributed by atoms with Crippen LogP contribution in [-0.4, -0.2) is 50.0 Å². The van der Waals surface area contributed by atoms with Crippen LogP contribution in [0.15, 0.2) is 78.9 Å². The Balaban J connectivity index is 2.04. The number of rotatable bonds is 12. The van der Waals surface area contributed by atoms with Crippen molar-refractivity contribution in [3.05, 3.63) is 101 Å². The Hall–Kier alpha value is -3.72. The Labute approximate surface area is 230 Å². The van der Waals surface area contributed by atoms with Crippen LogP contribution in [-0.2, 0) is 32.6 Å². The summed E-state index contributed by atoms with van der Waals surface area (Å²) in [6.07, 6.45) is 1.96. The number of halogens is 1. The molecule has 1 N–H and O–H groups in total. The van der Waals surface area contributed by atoms with Crippen molar-refractivity contribution in [2.24, 2.45) is 0 Å². The molecule has 0 aliphatic rings. The maximum absolute atomic E-state index is 14.0. The molecule has 0 spiro atoms. The zero-order chi connectivity index (χ0) is 28.6. The fourth-order valence-electron chi connectivity index (χ4n) is 4.11. The van der Waals surface area contributed by atoms with Crippen LogP contribution in [0.4, 0.5) is 10.1 Å². The van der Waals surface area contributed by atoms with Crippen molar-refractivity contribution < 1.29 is 22.4 Å². The lowest BCUT2D eigenvalue weighted by molar-refractivity contribution is -0.140. The third-order valence-corrected chi connectivity index (χ3v) is 7.68. The predicted molar refractivity (Wildman–Crippen MR) is 152 cm³/mol. The molecule has 3 aromatic carbocycles. The zero-order valence-electron chi connectivity index (χ0n) is 22.8. The van der Waals surface area contributed by atoms with Gasteiger partial charge in [-0.15, -0.1) is 0 Å². The molecule has 7 nitrogen and oxygen atoms in total.